The van der Waals surface area contributed by atoms with Gasteiger partial charge in [0.05, 0.1) is 0 Å². The van der Waals surface area contributed by atoms with E-state index in [-0.39, 0.29) is 0 Å². The Balaban J connectivity index is 2.42. The molecule has 1 aliphatic rings. The summed E-state index contributed by atoms with van der Waals surface area (Å²) >= 11 is 0. The van der Waals surface area contributed by atoms with Crippen molar-refractivity contribution < 1.29 is 2.74 Å². The zero-order chi connectivity index (χ0) is 10.5. The number of hydrogen-bond acceptors (Lipinski definition) is 0. The Morgan fingerprint density at radius 3 is 1.77 bits per heavy atom. The van der Waals surface area contributed by atoms with E-state index in [0.717, 1.165) is 22.3 Å². The molecule has 1 aliphatic carbocycles. The average molecular weight is 168 g/mol. The molecular weight excluding hydrogens is 156 g/mol. The lowest BCUT2D eigenvalue weighted by molar-refractivity contribution is 1.26. The fraction of sp³-hybridized carbons (Fsp3) is 0.0769. The molecule has 0 amide bonds. The van der Waals surface area contributed by atoms with Gasteiger partial charge in [0.25, 0.3) is 0 Å². The number of benzene rings is 2. The van der Waals surface area contributed by atoms with Crippen molar-refractivity contribution in [2.45, 2.75) is 6.37 Å². The van der Waals surface area contributed by atoms with Gasteiger partial charge in [-0.3, -0.25) is 0 Å². The molecule has 0 atom stereocenters. The van der Waals surface area contributed by atoms with Crippen LogP contribution in [0.1, 0.15) is 13.9 Å². The van der Waals surface area contributed by atoms with Crippen molar-refractivity contribution in [1.29, 1.82) is 0 Å². The van der Waals surface area contributed by atoms with Crippen LogP contribution >= 0.6 is 0 Å². The first-order chi connectivity index (χ1) is 7.21. The van der Waals surface area contributed by atoms with Crippen molar-refractivity contribution in [3.8, 4) is 11.1 Å². The number of hydrogen-bond donors (Lipinski definition) is 0. The van der Waals surface area contributed by atoms with Gasteiger partial charge < -0.3 is 0 Å². The second-order valence-corrected chi connectivity index (χ2v) is 3.22. The standard InChI is InChI=1S/C13H10/c1-3-7-12-10(5-1)9-11-6-2-4-8-13(11)12/h1-8H,9H2/i9D2. The van der Waals surface area contributed by atoms with Crippen molar-refractivity contribution in [3.63, 3.8) is 0 Å². The highest BCUT2D eigenvalue weighted by molar-refractivity contribution is 5.76. The normalized spacial score (nSPS) is 18.5. The van der Waals surface area contributed by atoms with E-state index in [9.17, 15) is 0 Å². The summed E-state index contributed by atoms with van der Waals surface area (Å²) in [6.45, 7) is 0. The smallest absolute Gasteiger partial charge is 0.0366 e. The van der Waals surface area contributed by atoms with Crippen molar-refractivity contribution >= 4 is 0 Å². The summed E-state index contributed by atoms with van der Waals surface area (Å²) in [7, 11) is 0. The SMILES string of the molecule is [2H]C1([2H])c2ccccc2-c2ccccc21. The van der Waals surface area contributed by atoms with Crippen LogP contribution in [0.2, 0.25) is 0 Å². The lowest BCUT2D eigenvalue weighted by atomic mass is 10.1. The third-order valence-electron chi connectivity index (χ3n) is 2.41. The lowest BCUT2D eigenvalue weighted by Crippen LogP contribution is -1.77. The highest BCUT2D eigenvalue weighted by atomic mass is 14.2. The predicted octanol–water partition coefficient (Wildman–Crippen LogP) is 3.26. The molecule has 0 saturated heterocycles. The summed E-state index contributed by atoms with van der Waals surface area (Å²) < 4.78 is 16.2. The molecular formula is C13H10. The molecule has 13 heavy (non-hydrogen) atoms. The van der Waals surface area contributed by atoms with Gasteiger partial charge in [0, 0.05) is 2.74 Å². The first-order valence-electron chi connectivity index (χ1n) is 5.40. The molecule has 0 nitrogen and oxygen atoms in total. The van der Waals surface area contributed by atoms with E-state index < -0.39 is 6.37 Å². The van der Waals surface area contributed by atoms with Gasteiger partial charge in [0.15, 0.2) is 0 Å². The van der Waals surface area contributed by atoms with E-state index in [1.807, 2.05) is 48.5 Å². The van der Waals surface area contributed by atoms with Crippen LogP contribution < -0.4 is 0 Å². The highest BCUT2D eigenvalue weighted by Crippen LogP contribution is 2.35. The summed E-state index contributed by atoms with van der Waals surface area (Å²) in [6.07, 6.45) is -1.34. The monoisotopic (exact) mass is 168 g/mol. The van der Waals surface area contributed by atoms with Crippen molar-refractivity contribution in [1.82, 2.24) is 0 Å². The van der Waals surface area contributed by atoms with Gasteiger partial charge in [-0.2, -0.15) is 0 Å². The summed E-state index contributed by atoms with van der Waals surface area (Å²) in [4.78, 5) is 0. The van der Waals surface area contributed by atoms with E-state index in [2.05, 4.69) is 0 Å². The zero-order valence-electron chi connectivity index (χ0n) is 9.12. The second-order valence-electron chi connectivity index (χ2n) is 3.22. The Hall–Kier alpha value is -1.56. The Bertz CT molecular complexity index is 482. The molecule has 0 saturated carbocycles. The molecule has 0 heterocycles. The first-order valence-corrected chi connectivity index (χ1v) is 4.40. The van der Waals surface area contributed by atoms with Crippen molar-refractivity contribution in [2.24, 2.45) is 0 Å². The van der Waals surface area contributed by atoms with Crippen LogP contribution in [0.5, 0.6) is 0 Å². The molecule has 2 aromatic rings. The molecule has 0 fully saturated rings. The molecule has 2 aromatic carbocycles. The van der Waals surface area contributed by atoms with E-state index in [1.54, 1.807) is 0 Å². The Morgan fingerprint density at radius 2 is 1.23 bits per heavy atom. The van der Waals surface area contributed by atoms with Gasteiger partial charge in [0.1, 0.15) is 0 Å². The van der Waals surface area contributed by atoms with E-state index >= 15 is 0 Å². The fourth-order valence-electron chi connectivity index (χ4n) is 1.80. The minimum absolute atomic E-state index is 0.784. The maximum Gasteiger partial charge on any atom is 0.0366 e. The highest BCUT2D eigenvalue weighted by Gasteiger charge is 2.15. The van der Waals surface area contributed by atoms with Crippen molar-refractivity contribution in [3.05, 3.63) is 59.7 Å². The molecule has 3 rings (SSSR count). The predicted molar refractivity (Wildman–Crippen MR) is 54.7 cm³/mol. The Labute approximate surface area is 80.7 Å². The lowest BCUT2D eigenvalue weighted by Gasteiger charge is -1.98. The van der Waals surface area contributed by atoms with Crippen LogP contribution in [-0.4, -0.2) is 0 Å². The number of fused-ring (bicyclic) bond motifs is 3. The molecule has 0 bridgehead atoms. The largest absolute Gasteiger partial charge is 0.0619 e. The molecule has 0 aromatic heterocycles. The van der Waals surface area contributed by atoms with Crippen LogP contribution in [0.4, 0.5) is 0 Å². The molecule has 0 N–H and O–H groups in total. The van der Waals surface area contributed by atoms with E-state index in [0.29, 0.717) is 0 Å². The van der Waals surface area contributed by atoms with Gasteiger partial charge in [-0.25, -0.2) is 0 Å². The quantitative estimate of drug-likeness (QED) is 0.566. The summed E-state index contributed by atoms with van der Waals surface area (Å²) in [5, 5.41) is 0. The van der Waals surface area contributed by atoms with Crippen molar-refractivity contribution in [2.75, 3.05) is 0 Å². The van der Waals surface area contributed by atoms with Crippen LogP contribution in [0.25, 0.3) is 11.1 Å². The third-order valence-corrected chi connectivity index (χ3v) is 2.41. The summed E-state index contributed by atoms with van der Waals surface area (Å²) in [6, 6.07) is 15.4. The molecule has 0 heteroatoms. The Kier molecular flexibility index (Phi) is 0.990. The molecule has 0 spiro atoms. The minimum Gasteiger partial charge on any atom is -0.0619 e. The van der Waals surface area contributed by atoms with Gasteiger partial charge >= 0.3 is 0 Å². The van der Waals surface area contributed by atoms with Crippen LogP contribution in [0, 0.1) is 0 Å². The average Bonchev–Trinajstić information content (AvgIpc) is 2.51. The molecule has 0 unspecified atom stereocenters. The molecule has 62 valence electrons. The van der Waals surface area contributed by atoms with Gasteiger partial charge in [0.2, 0.25) is 0 Å². The zero-order valence-corrected chi connectivity index (χ0v) is 7.12. The molecule has 0 aliphatic heterocycles. The summed E-state index contributed by atoms with van der Waals surface area (Å²) in [5.74, 6) is 0. The van der Waals surface area contributed by atoms with E-state index in [1.165, 1.54) is 0 Å². The van der Waals surface area contributed by atoms with Crippen LogP contribution in [0.3, 0.4) is 0 Å². The van der Waals surface area contributed by atoms with Gasteiger partial charge in [-0.05, 0) is 28.6 Å². The Morgan fingerprint density at radius 1 is 0.769 bits per heavy atom. The second kappa shape index (κ2) is 2.46. The first kappa shape index (κ1) is 5.23. The number of rotatable bonds is 0. The minimum atomic E-state index is -1.34. The maximum absolute atomic E-state index is 8.12. The van der Waals surface area contributed by atoms with Crippen LogP contribution in [0.15, 0.2) is 48.5 Å². The third kappa shape index (κ3) is 0.919. The van der Waals surface area contributed by atoms with E-state index in [4.69, 9.17) is 2.74 Å². The van der Waals surface area contributed by atoms with Gasteiger partial charge in [-0.1, -0.05) is 48.5 Å². The summed E-state index contributed by atoms with van der Waals surface area (Å²) in [5.41, 5.74) is 3.62. The van der Waals surface area contributed by atoms with Crippen LogP contribution in [-0.2, 0) is 6.37 Å². The fourth-order valence-corrected chi connectivity index (χ4v) is 1.80. The van der Waals surface area contributed by atoms with Gasteiger partial charge in [-0.15, -0.1) is 0 Å². The maximum atomic E-state index is 8.12. The topological polar surface area (TPSA) is 0 Å². The molecule has 0 radical (unpaired) electrons.